The second kappa shape index (κ2) is 6.12. The van der Waals surface area contributed by atoms with Crippen molar-refractivity contribution in [3.63, 3.8) is 0 Å². The smallest absolute Gasteiger partial charge is 0.262 e. The van der Waals surface area contributed by atoms with E-state index in [2.05, 4.69) is 25.3 Å². The van der Waals surface area contributed by atoms with Gasteiger partial charge in [0.25, 0.3) is 5.56 Å². The number of benzene rings is 1. The normalized spacial score (nSPS) is 10.8. The van der Waals surface area contributed by atoms with Crippen molar-refractivity contribution in [1.29, 1.82) is 0 Å². The Morgan fingerprint density at radius 3 is 2.56 bits per heavy atom. The summed E-state index contributed by atoms with van der Waals surface area (Å²) >= 11 is 0. The average molecular weight is 333 g/mol. The molecule has 0 saturated heterocycles. The van der Waals surface area contributed by atoms with E-state index in [1.54, 1.807) is 36.7 Å². The van der Waals surface area contributed by atoms with Gasteiger partial charge >= 0.3 is 0 Å². The fourth-order valence-corrected chi connectivity index (χ4v) is 2.53. The minimum absolute atomic E-state index is 0.231. The quantitative estimate of drug-likeness (QED) is 0.601. The van der Waals surface area contributed by atoms with Gasteiger partial charge in [0.15, 0.2) is 5.65 Å². The minimum Gasteiger partial charge on any atom is -0.326 e. The van der Waals surface area contributed by atoms with Crippen molar-refractivity contribution in [2.45, 2.75) is 0 Å². The van der Waals surface area contributed by atoms with Crippen LogP contribution >= 0.6 is 0 Å². The summed E-state index contributed by atoms with van der Waals surface area (Å²) in [6, 6.07) is 12.9. The van der Waals surface area contributed by atoms with Crippen LogP contribution in [0, 0.1) is 5.82 Å². The van der Waals surface area contributed by atoms with E-state index in [9.17, 15) is 9.18 Å². The largest absolute Gasteiger partial charge is 0.326 e. The van der Waals surface area contributed by atoms with Crippen LogP contribution in [0.2, 0.25) is 0 Å². The van der Waals surface area contributed by atoms with E-state index in [0.717, 1.165) is 0 Å². The van der Waals surface area contributed by atoms with Gasteiger partial charge in [0.2, 0.25) is 5.95 Å². The maximum absolute atomic E-state index is 13.0. The monoisotopic (exact) mass is 333 g/mol. The number of aromatic nitrogens is 4. The zero-order chi connectivity index (χ0) is 17.2. The Hall–Kier alpha value is -3.61. The zero-order valence-electron chi connectivity index (χ0n) is 12.9. The SMILES string of the molecule is O=c1[nH]c(Nc2ccc(F)cc2)nc2nccc(-c3ccccn3)c12. The standard InChI is InChI=1S/C18H12FN5O/c19-11-4-6-12(7-5-11)22-18-23-16-15(17(25)24-18)13(8-10-21-16)14-3-1-2-9-20-14/h1-10H,(H2,21,22,23,24,25). The number of rotatable bonds is 3. The maximum atomic E-state index is 13.0. The summed E-state index contributed by atoms with van der Waals surface area (Å²) in [5.41, 5.74) is 1.90. The Labute approximate surface area is 141 Å². The van der Waals surface area contributed by atoms with Gasteiger partial charge in [-0.2, -0.15) is 4.98 Å². The van der Waals surface area contributed by atoms with E-state index >= 15 is 0 Å². The summed E-state index contributed by atoms with van der Waals surface area (Å²) in [6.45, 7) is 0. The summed E-state index contributed by atoms with van der Waals surface area (Å²) in [6.07, 6.45) is 3.24. The molecule has 0 saturated carbocycles. The van der Waals surface area contributed by atoms with Crippen molar-refractivity contribution in [1.82, 2.24) is 19.9 Å². The Kier molecular flexibility index (Phi) is 3.66. The lowest BCUT2D eigenvalue weighted by molar-refractivity contribution is 0.628. The minimum atomic E-state index is -0.341. The van der Waals surface area contributed by atoms with Crippen molar-refractivity contribution in [3.8, 4) is 11.3 Å². The first-order chi connectivity index (χ1) is 12.2. The van der Waals surface area contributed by atoms with Gasteiger partial charge in [-0.15, -0.1) is 0 Å². The van der Waals surface area contributed by atoms with E-state index in [1.165, 1.54) is 12.1 Å². The van der Waals surface area contributed by atoms with Gasteiger partial charge < -0.3 is 5.32 Å². The molecule has 0 atom stereocenters. The predicted octanol–water partition coefficient (Wildman–Crippen LogP) is 3.26. The number of aromatic amines is 1. The Bertz CT molecular complexity index is 1090. The van der Waals surface area contributed by atoms with Crippen LogP contribution in [0.15, 0.2) is 65.7 Å². The summed E-state index contributed by atoms with van der Waals surface area (Å²) in [5, 5.41) is 3.30. The molecule has 7 heteroatoms. The molecule has 4 rings (SSSR count). The molecular formula is C18H12FN5O. The number of nitrogens with zero attached hydrogens (tertiary/aromatic N) is 3. The van der Waals surface area contributed by atoms with Gasteiger partial charge in [0, 0.05) is 23.6 Å². The molecule has 0 amide bonds. The number of anilines is 2. The van der Waals surface area contributed by atoms with E-state index in [0.29, 0.717) is 28.0 Å². The van der Waals surface area contributed by atoms with Gasteiger partial charge in [0.1, 0.15) is 5.82 Å². The number of halogens is 1. The first-order valence-corrected chi connectivity index (χ1v) is 7.54. The van der Waals surface area contributed by atoms with Crippen molar-refractivity contribution < 1.29 is 4.39 Å². The molecule has 0 bridgehead atoms. The number of pyridine rings is 2. The van der Waals surface area contributed by atoms with Crippen LogP contribution in [-0.2, 0) is 0 Å². The molecule has 4 aromatic rings. The molecule has 0 aliphatic heterocycles. The molecule has 3 heterocycles. The van der Waals surface area contributed by atoms with Gasteiger partial charge in [-0.25, -0.2) is 9.37 Å². The van der Waals surface area contributed by atoms with E-state index in [4.69, 9.17) is 0 Å². The molecule has 25 heavy (non-hydrogen) atoms. The second-order valence-corrected chi connectivity index (χ2v) is 5.32. The molecule has 0 aliphatic rings. The lowest BCUT2D eigenvalue weighted by atomic mass is 10.1. The lowest BCUT2D eigenvalue weighted by Crippen LogP contribution is -2.13. The third-order valence-corrected chi connectivity index (χ3v) is 3.66. The van der Waals surface area contributed by atoms with Crippen LogP contribution in [0.25, 0.3) is 22.3 Å². The van der Waals surface area contributed by atoms with Crippen LogP contribution in [0.4, 0.5) is 16.0 Å². The molecule has 3 aromatic heterocycles. The molecule has 6 nitrogen and oxygen atoms in total. The highest BCUT2D eigenvalue weighted by Gasteiger charge is 2.12. The fraction of sp³-hybridized carbons (Fsp3) is 0. The third kappa shape index (κ3) is 2.94. The van der Waals surface area contributed by atoms with Gasteiger partial charge in [-0.3, -0.25) is 14.8 Å². The molecule has 0 spiro atoms. The molecule has 0 radical (unpaired) electrons. The van der Waals surface area contributed by atoms with Crippen LogP contribution < -0.4 is 10.9 Å². The first kappa shape index (κ1) is 14.9. The van der Waals surface area contributed by atoms with Crippen LogP contribution in [-0.4, -0.2) is 19.9 Å². The summed E-state index contributed by atoms with van der Waals surface area (Å²) < 4.78 is 13.0. The average Bonchev–Trinajstić information content (AvgIpc) is 2.64. The zero-order valence-corrected chi connectivity index (χ0v) is 12.9. The number of hydrogen-bond donors (Lipinski definition) is 2. The Morgan fingerprint density at radius 1 is 0.960 bits per heavy atom. The van der Waals surface area contributed by atoms with Crippen molar-refractivity contribution >= 4 is 22.7 Å². The van der Waals surface area contributed by atoms with Crippen LogP contribution in [0.1, 0.15) is 0 Å². The predicted molar refractivity (Wildman–Crippen MR) is 93.1 cm³/mol. The Morgan fingerprint density at radius 2 is 1.80 bits per heavy atom. The highest BCUT2D eigenvalue weighted by atomic mass is 19.1. The topological polar surface area (TPSA) is 83.6 Å². The molecule has 0 aliphatic carbocycles. The van der Waals surface area contributed by atoms with E-state index in [-0.39, 0.29) is 17.3 Å². The van der Waals surface area contributed by atoms with E-state index in [1.807, 2.05) is 12.1 Å². The van der Waals surface area contributed by atoms with Crippen molar-refractivity contribution in [2.24, 2.45) is 0 Å². The maximum Gasteiger partial charge on any atom is 0.262 e. The third-order valence-electron chi connectivity index (χ3n) is 3.66. The number of hydrogen-bond acceptors (Lipinski definition) is 5. The molecule has 0 unspecified atom stereocenters. The number of fused-ring (bicyclic) bond motifs is 1. The highest BCUT2D eigenvalue weighted by molar-refractivity contribution is 5.91. The van der Waals surface area contributed by atoms with Crippen LogP contribution in [0.5, 0.6) is 0 Å². The molecule has 122 valence electrons. The fourth-order valence-electron chi connectivity index (χ4n) is 2.53. The number of nitrogens with one attached hydrogen (secondary N) is 2. The van der Waals surface area contributed by atoms with Crippen molar-refractivity contribution in [3.05, 3.63) is 77.1 Å². The van der Waals surface area contributed by atoms with Crippen LogP contribution in [0.3, 0.4) is 0 Å². The summed E-state index contributed by atoms with van der Waals surface area (Å²) in [5.74, 6) is -0.109. The molecule has 2 N–H and O–H groups in total. The number of H-pyrrole nitrogens is 1. The molecular weight excluding hydrogens is 321 g/mol. The summed E-state index contributed by atoms with van der Waals surface area (Å²) in [7, 11) is 0. The lowest BCUT2D eigenvalue weighted by Gasteiger charge is -2.08. The van der Waals surface area contributed by atoms with E-state index < -0.39 is 0 Å². The van der Waals surface area contributed by atoms with Gasteiger partial charge in [-0.05, 0) is 42.5 Å². The van der Waals surface area contributed by atoms with Gasteiger partial charge in [-0.1, -0.05) is 6.07 Å². The Balaban J connectivity index is 1.81. The van der Waals surface area contributed by atoms with Crippen molar-refractivity contribution in [2.75, 3.05) is 5.32 Å². The van der Waals surface area contributed by atoms with Gasteiger partial charge in [0.05, 0.1) is 11.1 Å². The second-order valence-electron chi connectivity index (χ2n) is 5.32. The first-order valence-electron chi connectivity index (χ1n) is 7.54. The highest BCUT2D eigenvalue weighted by Crippen LogP contribution is 2.23. The summed E-state index contributed by atoms with van der Waals surface area (Å²) in [4.78, 5) is 28.1. The molecule has 1 aromatic carbocycles. The molecule has 0 fully saturated rings.